The van der Waals surface area contributed by atoms with Gasteiger partial charge in [-0.3, -0.25) is 0 Å². The first kappa shape index (κ1) is 22.3. The van der Waals surface area contributed by atoms with E-state index in [2.05, 4.69) is 0 Å². The molecule has 0 amide bonds. The number of aliphatic carboxylic acids is 1. The maximum absolute atomic E-state index is 13.2. The van der Waals surface area contributed by atoms with Gasteiger partial charge in [0.2, 0.25) is 0 Å². The average Bonchev–Trinajstić information content (AvgIpc) is 2.78. The summed E-state index contributed by atoms with van der Waals surface area (Å²) in [7, 11) is 1.39. The van der Waals surface area contributed by atoms with E-state index in [-0.39, 0.29) is 5.82 Å². The fourth-order valence-electron chi connectivity index (χ4n) is 3.04. The zero-order valence-electron chi connectivity index (χ0n) is 17.3. The van der Waals surface area contributed by atoms with Gasteiger partial charge in [0.1, 0.15) is 23.9 Å². The van der Waals surface area contributed by atoms with Gasteiger partial charge in [0.05, 0.1) is 6.61 Å². The lowest BCUT2D eigenvalue weighted by Gasteiger charge is -2.11. The Kier molecular flexibility index (Phi) is 8.01. The largest absolute Gasteiger partial charge is 0.493 e. The Balaban J connectivity index is 1.42. The Hall–Kier alpha value is -3.38. The summed E-state index contributed by atoms with van der Waals surface area (Å²) in [4.78, 5) is 11.0. The highest BCUT2D eigenvalue weighted by Crippen LogP contribution is 2.17. The van der Waals surface area contributed by atoms with E-state index < -0.39 is 12.1 Å². The normalized spacial score (nSPS) is 11.7. The molecule has 0 bridgehead atoms. The zero-order valence-corrected chi connectivity index (χ0v) is 17.3. The topological polar surface area (TPSA) is 65.0 Å². The molecule has 3 rings (SSSR count). The molecular weight excluding hydrogens is 399 g/mol. The number of ether oxygens (including phenoxy) is 3. The maximum Gasteiger partial charge on any atom is 0.333 e. The maximum atomic E-state index is 13.2. The predicted molar refractivity (Wildman–Crippen MR) is 115 cm³/mol. The van der Waals surface area contributed by atoms with Crippen LogP contribution in [0.5, 0.6) is 11.5 Å². The molecule has 1 atom stereocenters. The summed E-state index contributed by atoms with van der Waals surface area (Å²) in [6.07, 6.45) is 0.184. The van der Waals surface area contributed by atoms with Crippen LogP contribution in [0.2, 0.25) is 0 Å². The van der Waals surface area contributed by atoms with E-state index in [1.54, 1.807) is 6.07 Å². The number of hydrogen-bond donors (Lipinski definition) is 1. The van der Waals surface area contributed by atoms with Crippen molar-refractivity contribution in [1.82, 2.24) is 0 Å². The van der Waals surface area contributed by atoms with E-state index in [4.69, 9.17) is 19.3 Å². The molecule has 1 N–H and O–H groups in total. The number of carboxylic acid groups (broad SMARTS) is 1. The van der Waals surface area contributed by atoms with Crippen LogP contribution in [0.1, 0.15) is 16.7 Å². The quantitative estimate of drug-likeness (QED) is 0.485. The summed E-state index contributed by atoms with van der Waals surface area (Å²) in [5.74, 6) is 0.196. The van der Waals surface area contributed by atoms with E-state index in [0.717, 1.165) is 34.6 Å². The van der Waals surface area contributed by atoms with Crippen LogP contribution in [0.3, 0.4) is 0 Å². The Bertz CT molecular complexity index is 970. The zero-order chi connectivity index (χ0) is 22.1. The van der Waals surface area contributed by atoms with Crippen molar-refractivity contribution in [2.75, 3.05) is 13.7 Å². The lowest BCUT2D eigenvalue weighted by molar-refractivity contribution is -0.148. The molecule has 0 aliphatic carbocycles. The van der Waals surface area contributed by atoms with Crippen molar-refractivity contribution in [2.45, 2.75) is 25.6 Å². The highest BCUT2D eigenvalue weighted by atomic mass is 19.1. The molecule has 31 heavy (non-hydrogen) atoms. The molecule has 0 spiro atoms. The van der Waals surface area contributed by atoms with E-state index in [9.17, 15) is 9.18 Å². The molecule has 0 fully saturated rings. The molecule has 5 nitrogen and oxygen atoms in total. The van der Waals surface area contributed by atoms with Crippen LogP contribution in [0.25, 0.3) is 0 Å². The lowest BCUT2D eigenvalue weighted by atomic mass is 10.1. The molecule has 0 saturated carbocycles. The number of halogens is 1. The highest BCUT2D eigenvalue weighted by Gasteiger charge is 2.16. The molecule has 162 valence electrons. The molecule has 3 aromatic carbocycles. The fourth-order valence-corrected chi connectivity index (χ4v) is 3.04. The third-order valence-electron chi connectivity index (χ3n) is 4.78. The van der Waals surface area contributed by atoms with Crippen molar-refractivity contribution in [3.63, 3.8) is 0 Å². The third kappa shape index (κ3) is 7.12. The second-order valence-electron chi connectivity index (χ2n) is 7.07. The Morgan fingerprint density at radius 2 is 1.55 bits per heavy atom. The number of hydrogen-bond acceptors (Lipinski definition) is 4. The van der Waals surface area contributed by atoms with Crippen molar-refractivity contribution in [2.24, 2.45) is 0 Å². The summed E-state index contributed by atoms with van der Waals surface area (Å²) in [6.45, 7) is 0.826. The molecule has 0 aromatic heterocycles. The van der Waals surface area contributed by atoms with Crippen LogP contribution >= 0.6 is 0 Å². The van der Waals surface area contributed by atoms with Crippen molar-refractivity contribution in [3.8, 4) is 11.5 Å². The summed E-state index contributed by atoms with van der Waals surface area (Å²) in [5.41, 5.74) is 2.76. The molecule has 0 heterocycles. The molecule has 3 aromatic rings. The monoisotopic (exact) mass is 424 g/mol. The van der Waals surface area contributed by atoms with Crippen LogP contribution in [-0.2, 0) is 29.0 Å². The van der Waals surface area contributed by atoms with Gasteiger partial charge in [-0.2, -0.15) is 0 Å². The highest BCUT2D eigenvalue weighted by molar-refractivity contribution is 5.72. The van der Waals surface area contributed by atoms with Gasteiger partial charge in [0, 0.05) is 20.0 Å². The molecule has 0 radical (unpaired) electrons. The SMILES string of the molecule is COC(Cc1ccc(OCCc2ccc(OCc3cccc(F)c3)cc2)cc1)C(=O)O. The van der Waals surface area contributed by atoms with Crippen molar-refractivity contribution in [3.05, 3.63) is 95.3 Å². The molecule has 0 saturated heterocycles. The third-order valence-corrected chi connectivity index (χ3v) is 4.78. The Labute approximate surface area is 181 Å². The number of carboxylic acids is 1. The molecule has 0 aliphatic heterocycles. The van der Waals surface area contributed by atoms with Crippen LogP contribution in [0.4, 0.5) is 4.39 Å². The smallest absolute Gasteiger partial charge is 0.333 e. The first-order chi connectivity index (χ1) is 15.0. The first-order valence-electron chi connectivity index (χ1n) is 9.97. The van der Waals surface area contributed by atoms with E-state index >= 15 is 0 Å². The number of methoxy groups -OCH3 is 1. The standard InChI is InChI=1S/C25H25FO5/c1-29-24(25(27)28)16-19-7-11-22(12-8-19)30-14-13-18-5-9-23(10-6-18)31-17-20-3-2-4-21(26)15-20/h2-12,15,24H,13-14,16-17H2,1H3,(H,27,28). The van der Waals surface area contributed by atoms with Gasteiger partial charge in [-0.1, -0.05) is 36.4 Å². The number of carbonyl (C=O) groups is 1. The summed E-state index contributed by atoms with van der Waals surface area (Å²) >= 11 is 0. The second-order valence-corrected chi connectivity index (χ2v) is 7.07. The van der Waals surface area contributed by atoms with Gasteiger partial charge in [0.25, 0.3) is 0 Å². The predicted octanol–water partition coefficient (Wildman–Crippen LogP) is 4.67. The van der Waals surface area contributed by atoms with E-state index in [1.807, 2.05) is 54.6 Å². The number of rotatable bonds is 11. The molecule has 1 unspecified atom stereocenters. The Morgan fingerprint density at radius 1 is 0.903 bits per heavy atom. The van der Waals surface area contributed by atoms with Crippen LogP contribution in [-0.4, -0.2) is 30.9 Å². The molecule has 0 aliphatic rings. The van der Waals surface area contributed by atoms with Crippen molar-refractivity contribution >= 4 is 5.97 Å². The minimum atomic E-state index is -0.979. The number of benzene rings is 3. The fraction of sp³-hybridized carbons (Fsp3) is 0.240. The van der Waals surface area contributed by atoms with Gasteiger partial charge in [-0.25, -0.2) is 9.18 Å². The Morgan fingerprint density at radius 3 is 2.16 bits per heavy atom. The van der Waals surface area contributed by atoms with Crippen molar-refractivity contribution in [1.29, 1.82) is 0 Å². The van der Waals surface area contributed by atoms with E-state index in [1.165, 1.54) is 19.2 Å². The summed E-state index contributed by atoms with van der Waals surface area (Å²) < 4.78 is 29.6. The molecular formula is C25H25FO5. The second kappa shape index (κ2) is 11.1. The van der Waals surface area contributed by atoms with Gasteiger partial charge >= 0.3 is 5.97 Å². The first-order valence-corrected chi connectivity index (χ1v) is 9.97. The van der Waals surface area contributed by atoms with Crippen LogP contribution in [0, 0.1) is 5.82 Å². The van der Waals surface area contributed by atoms with Gasteiger partial charge in [0.15, 0.2) is 6.10 Å². The molecule has 6 heteroatoms. The summed E-state index contributed by atoms with van der Waals surface area (Å²) in [5, 5.41) is 9.05. The van der Waals surface area contributed by atoms with Crippen LogP contribution < -0.4 is 9.47 Å². The minimum absolute atomic E-state index is 0.273. The van der Waals surface area contributed by atoms with Gasteiger partial charge in [-0.05, 0) is 53.1 Å². The van der Waals surface area contributed by atoms with Gasteiger partial charge in [-0.15, -0.1) is 0 Å². The van der Waals surface area contributed by atoms with E-state index in [0.29, 0.717) is 19.6 Å². The van der Waals surface area contributed by atoms with Crippen LogP contribution in [0.15, 0.2) is 72.8 Å². The minimum Gasteiger partial charge on any atom is -0.493 e. The van der Waals surface area contributed by atoms with Crippen molar-refractivity contribution < 1.29 is 28.5 Å². The summed E-state index contributed by atoms with van der Waals surface area (Å²) in [6, 6.07) is 21.4. The average molecular weight is 424 g/mol. The van der Waals surface area contributed by atoms with Gasteiger partial charge < -0.3 is 19.3 Å². The lowest BCUT2D eigenvalue weighted by Crippen LogP contribution is -2.24.